The highest BCUT2D eigenvalue weighted by atomic mass is 35.5. The highest BCUT2D eigenvalue weighted by Gasteiger charge is 2.36. The molecule has 14 heteroatoms. The maximum Gasteiger partial charge on any atom is 0.410 e. The summed E-state index contributed by atoms with van der Waals surface area (Å²) < 4.78 is 60.5. The Bertz CT molecular complexity index is 1730. The number of hydrogen-bond acceptors (Lipinski definition) is 8. The Morgan fingerprint density at radius 3 is 2.59 bits per heavy atom. The number of amides is 1. The molecule has 41 heavy (non-hydrogen) atoms. The molecule has 1 amide bonds. The van der Waals surface area contributed by atoms with Crippen LogP contribution in [0.4, 0.5) is 19.4 Å². The predicted octanol–water partition coefficient (Wildman–Crippen LogP) is 4.57. The molecule has 1 aromatic heterocycles. The average molecular weight is 627 g/mol. The van der Waals surface area contributed by atoms with E-state index in [0.717, 1.165) is 18.4 Å². The van der Waals surface area contributed by atoms with Crippen LogP contribution in [0.5, 0.6) is 0 Å². The molecule has 0 N–H and O–H groups in total. The van der Waals surface area contributed by atoms with Crippen molar-refractivity contribution in [1.82, 2.24) is 14.5 Å². The third kappa shape index (κ3) is 6.02. The van der Waals surface area contributed by atoms with E-state index in [2.05, 4.69) is 4.98 Å². The summed E-state index contributed by atoms with van der Waals surface area (Å²) in [5, 5.41) is 0.667. The second-order valence-corrected chi connectivity index (χ2v) is 14.9. The predicted molar refractivity (Wildman–Crippen MR) is 156 cm³/mol. The maximum atomic E-state index is 14.9. The van der Waals surface area contributed by atoms with E-state index in [-0.39, 0.29) is 41.8 Å². The van der Waals surface area contributed by atoms with Crippen molar-refractivity contribution in [1.29, 1.82) is 0 Å². The van der Waals surface area contributed by atoms with Crippen molar-refractivity contribution < 1.29 is 26.7 Å². The zero-order chi connectivity index (χ0) is 29.9. The number of sulfone groups is 1. The lowest BCUT2D eigenvalue weighted by molar-refractivity contribution is 0.0219. The van der Waals surface area contributed by atoms with Crippen LogP contribution < -0.4 is 10.6 Å². The Kier molecular flexibility index (Phi) is 7.75. The molecule has 0 aliphatic carbocycles. The summed E-state index contributed by atoms with van der Waals surface area (Å²) in [5.74, 6) is -1.08. The van der Waals surface area contributed by atoms with Gasteiger partial charge in [-0.25, -0.2) is 26.8 Å². The zero-order valence-electron chi connectivity index (χ0n) is 22.9. The van der Waals surface area contributed by atoms with Gasteiger partial charge in [0, 0.05) is 65.7 Å². The highest BCUT2D eigenvalue weighted by molar-refractivity contribution is 7.99. The lowest BCUT2D eigenvalue weighted by Crippen LogP contribution is -2.58. The number of carbonyl (C=O) groups excluding carboxylic acids is 1. The molecule has 0 unspecified atom stereocenters. The average Bonchev–Trinajstić information content (AvgIpc) is 2.85. The molecule has 220 valence electrons. The van der Waals surface area contributed by atoms with Gasteiger partial charge in [-0.05, 0) is 39.0 Å². The molecule has 0 spiro atoms. The third-order valence-corrected chi connectivity index (χ3v) is 9.18. The Hall–Kier alpha value is -2.90. The second kappa shape index (κ2) is 10.7. The number of halogens is 3. The number of thioether (sulfide) groups is 1. The van der Waals surface area contributed by atoms with Crippen molar-refractivity contribution in [2.24, 2.45) is 0 Å². The quantitative estimate of drug-likeness (QED) is 0.415. The zero-order valence-corrected chi connectivity index (χ0v) is 25.3. The van der Waals surface area contributed by atoms with Gasteiger partial charge in [0.1, 0.15) is 32.9 Å². The highest BCUT2D eigenvalue weighted by Crippen LogP contribution is 2.46. The summed E-state index contributed by atoms with van der Waals surface area (Å²) >= 11 is 8.15. The van der Waals surface area contributed by atoms with Crippen molar-refractivity contribution >= 4 is 56.0 Å². The van der Waals surface area contributed by atoms with E-state index in [1.165, 1.54) is 27.3 Å². The van der Waals surface area contributed by atoms with E-state index in [1.54, 1.807) is 31.7 Å². The summed E-state index contributed by atoms with van der Waals surface area (Å²) in [7, 11) is -3.52. The number of aryl methyl sites for hydroxylation is 1. The van der Waals surface area contributed by atoms with Gasteiger partial charge in [-0.3, -0.25) is 4.57 Å². The van der Waals surface area contributed by atoms with Crippen LogP contribution >= 0.6 is 23.4 Å². The molecule has 1 saturated heterocycles. The molecule has 2 aliphatic rings. The lowest BCUT2D eigenvalue weighted by atomic mass is 10.0. The first-order chi connectivity index (χ1) is 19.1. The van der Waals surface area contributed by atoms with Gasteiger partial charge in [0.15, 0.2) is 0 Å². The standard InChI is InChI=1S/C27H29ClF2N4O5S2/c1-27(2,3)39-26(36)32-7-8-33(16(13-32)14-41(4,37)38)24-18-12-19(28)21(17-6-5-15(29)11-20(17)30)23-22(18)34(9-10-40-23)25(35)31-24/h5-6,11-12,16H,7-10,13-14H2,1-4H3/t16-/m0/s1. The van der Waals surface area contributed by atoms with Gasteiger partial charge in [-0.2, -0.15) is 4.98 Å². The summed E-state index contributed by atoms with van der Waals surface area (Å²) in [5.41, 5.74) is -0.347. The van der Waals surface area contributed by atoms with Crippen LogP contribution in [0, 0.1) is 11.6 Å². The second-order valence-electron chi connectivity index (χ2n) is 11.2. The van der Waals surface area contributed by atoms with Gasteiger partial charge in [0.25, 0.3) is 0 Å². The first kappa shape index (κ1) is 29.6. The number of anilines is 1. The number of nitrogens with zero attached hydrogens (tertiary/aromatic N) is 4. The molecule has 2 aliphatic heterocycles. The summed E-state index contributed by atoms with van der Waals surface area (Å²) in [6.45, 7) is 6.00. The van der Waals surface area contributed by atoms with Crippen LogP contribution in [0.1, 0.15) is 20.8 Å². The maximum absolute atomic E-state index is 14.9. The number of ether oxygens (including phenoxy) is 1. The van der Waals surface area contributed by atoms with Gasteiger partial charge in [0.05, 0.1) is 22.3 Å². The largest absolute Gasteiger partial charge is 0.444 e. The number of carbonyl (C=O) groups is 1. The molecule has 2 aromatic carbocycles. The van der Waals surface area contributed by atoms with E-state index < -0.39 is 44.9 Å². The van der Waals surface area contributed by atoms with Crippen LogP contribution in [-0.2, 0) is 21.1 Å². The van der Waals surface area contributed by atoms with E-state index in [9.17, 15) is 26.8 Å². The minimum atomic E-state index is -3.52. The molecular formula is C27H29ClF2N4O5S2. The van der Waals surface area contributed by atoms with Gasteiger partial charge >= 0.3 is 11.8 Å². The van der Waals surface area contributed by atoms with Gasteiger partial charge in [0.2, 0.25) is 0 Å². The summed E-state index contributed by atoms with van der Waals surface area (Å²) in [6, 6.07) is 4.08. The van der Waals surface area contributed by atoms with Crippen LogP contribution in [-0.4, -0.2) is 78.0 Å². The minimum Gasteiger partial charge on any atom is -0.444 e. The molecule has 0 bridgehead atoms. The summed E-state index contributed by atoms with van der Waals surface area (Å²) in [6.07, 6.45) is 0.542. The van der Waals surface area contributed by atoms with Crippen molar-refractivity contribution in [2.75, 3.05) is 42.3 Å². The van der Waals surface area contributed by atoms with Crippen molar-refractivity contribution in [2.45, 2.75) is 43.9 Å². The van der Waals surface area contributed by atoms with Gasteiger partial charge in [-0.1, -0.05) is 11.6 Å². The molecule has 0 saturated carbocycles. The van der Waals surface area contributed by atoms with E-state index in [4.69, 9.17) is 16.3 Å². The van der Waals surface area contributed by atoms with Crippen molar-refractivity contribution in [3.05, 3.63) is 51.4 Å². The molecule has 1 fully saturated rings. The van der Waals surface area contributed by atoms with Crippen molar-refractivity contribution in [3.8, 4) is 11.1 Å². The number of piperazine rings is 1. The van der Waals surface area contributed by atoms with Crippen LogP contribution in [0.3, 0.4) is 0 Å². The monoisotopic (exact) mass is 626 g/mol. The fourth-order valence-corrected chi connectivity index (χ4v) is 7.77. The number of rotatable bonds is 4. The Labute approximate surface area is 245 Å². The molecule has 9 nitrogen and oxygen atoms in total. The smallest absolute Gasteiger partial charge is 0.410 e. The van der Waals surface area contributed by atoms with E-state index >= 15 is 0 Å². The van der Waals surface area contributed by atoms with Crippen LogP contribution in [0.2, 0.25) is 5.02 Å². The fraction of sp³-hybridized carbons (Fsp3) is 0.444. The lowest BCUT2D eigenvalue weighted by Gasteiger charge is -2.42. The summed E-state index contributed by atoms with van der Waals surface area (Å²) in [4.78, 5) is 34.3. The normalized spacial score (nSPS) is 17.7. The number of benzene rings is 2. The molecule has 3 aromatic rings. The molecule has 5 rings (SSSR count). The molecule has 0 radical (unpaired) electrons. The fourth-order valence-electron chi connectivity index (χ4n) is 5.23. The molecule has 3 heterocycles. The first-order valence-electron chi connectivity index (χ1n) is 12.9. The van der Waals surface area contributed by atoms with Crippen LogP contribution in [0.25, 0.3) is 22.0 Å². The van der Waals surface area contributed by atoms with E-state index in [1.807, 2.05) is 0 Å². The third-order valence-electron chi connectivity index (χ3n) is 6.81. The number of hydrogen-bond donors (Lipinski definition) is 0. The topological polar surface area (TPSA) is 102 Å². The Balaban J connectivity index is 1.66. The van der Waals surface area contributed by atoms with E-state index in [0.29, 0.717) is 33.7 Å². The van der Waals surface area contributed by atoms with Gasteiger partial charge in [-0.15, -0.1) is 11.8 Å². The minimum absolute atomic E-state index is 0.0302. The Morgan fingerprint density at radius 1 is 1.20 bits per heavy atom. The SMILES string of the molecule is CC(C)(C)OC(=O)N1CCN(c2nc(=O)n3c4c(c(-c5ccc(F)cc5F)c(Cl)cc24)SCC3)[C@H](CS(C)(=O)=O)C1. The van der Waals surface area contributed by atoms with Crippen LogP contribution in [0.15, 0.2) is 34.0 Å². The molecule has 1 atom stereocenters. The van der Waals surface area contributed by atoms with Crippen molar-refractivity contribution in [3.63, 3.8) is 0 Å². The molecular weight excluding hydrogens is 598 g/mol. The number of aromatic nitrogens is 2. The Morgan fingerprint density at radius 2 is 1.93 bits per heavy atom. The van der Waals surface area contributed by atoms with Gasteiger partial charge < -0.3 is 14.5 Å². The first-order valence-corrected chi connectivity index (χ1v) is 16.3.